The van der Waals surface area contributed by atoms with Gasteiger partial charge >= 0.3 is 12.1 Å². The Balaban J connectivity index is 1.30. The lowest BCUT2D eigenvalue weighted by atomic mass is 9.98. The number of methoxy groups -OCH3 is 1. The van der Waals surface area contributed by atoms with Crippen molar-refractivity contribution in [1.29, 1.82) is 0 Å². The lowest BCUT2D eigenvalue weighted by Crippen LogP contribution is -2.49. The molecule has 0 heterocycles. The van der Waals surface area contributed by atoms with Gasteiger partial charge in [-0.1, -0.05) is 55.0 Å². The maximum Gasteiger partial charge on any atom is 0.407 e. The number of hydrogen-bond donors (Lipinski definition) is 3. The van der Waals surface area contributed by atoms with Crippen molar-refractivity contribution in [2.24, 2.45) is 5.92 Å². The minimum absolute atomic E-state index is 0.0556. The molecular weight excluding hydrogens is 424 g/mol. The molecule has 8 nitrogen and oxygen atoms in total. The van der Waals surface area contributed by atoms with Gasteiger partial charge in [0.1, 0.15) is 6.61 Å². The van der Waals surface area contributed by atoms with Gasteiger partial charge in [-0.3, -0.25) is 9.59 Å². The first kappa shape index (κ1) is 22.8. The van der Waals surface area contributed by atoms with E-state index in [-0.39, 0.29) is 19.1 Å². The average molecular weight is 453 g/mol. The van der Waals surface area contributed by atoms with Crippen LogP contribution in [0.25, 0.3) is 11.1 Å². The Bertz CT molecular complexity index is 994. The number of fused-ring (bicyclic) bond motifs is 3. The second-order valence-electron chi connectivity index (χ2n) is 8.42. The number of amides is 2. The SMILES string of the molecule is COC(CNC(=O)OCC1c2ccccc2-c2ccccc21)C(=O)N[C@@H]1CCC[C@@H]1C(=O)O. The molecule has 0 aliphatic heterocycles. The molecule has 8 heteroatoms. The van der Waals surface area contributed by atoms with Gasteiger partial charge in [-0.2, -0.15) is 0 Å². The summed E-state index contributed by atoms with van der Waals surface area (Å²) in [4.78, 5) is 36.2. The largest absolute Gasteiger partial charge is 0.481 e. The number of carboxylic acids is 1. The van der Waals surface area contributed by atoms with Gasteiger partial charge < -0.3 is 25.2 Å². The average Bonchev–Trinajstić information content (AvgIpc) is 3.41. The van der Waals surface area contributed by atoms with E-state index in [1.54, 1.807) is 0 Å². The van der Waals surface area contributed by atoms with Crippen LogP contribution in [0.15, 0.2) is 48.5 Å². The number of alkyl carbamates (subject to hydrolysis) is 1. The maximum atomic E-state index is 12.5. The van der Waals surface area contributed by atoms with Gasteiger partial charge in [0.25, 0.3) is 5.91 Å². The Kier molecular flexibility index (Phi) is 6.93. The number of nitrogens with one attached hydrogen (secondary N) is 2. The molecule has 1 fully saturated rings. The molecule has 174 valence electrons. The molecule has 2 aliphatic carbocycles. The molecular formula is C25H28N2O6. The molecule has 2 aromatic carbocycles. The van der Waals surface area contributed by atoms with Crippen molar-refractivity contribution in [3.63, 3.8) is 0 Å². The summed E-state index contributed by atoms with van der Waals surface area (Å²) in [6.45, 7) is 0.0928. The number of carbonyl (C=O) groups excluding carboxylic acids is 2. The zero-order chi connectivity index (χ0) is 23.4. The highest BCUT2D eigenvalue weighted by Gasteiger charge is 2.35. The highest BCUT2D eigenvalue weighted by Crippen LogP contribution is 2.44. The van der Waals surface area contributed by atoms with E-state index < -0.39 is 36.0 Å². The zero-order valence-electron chi connectivity index (χ0n) is 18.5. The third kappa shape index (κ3) is 4.85. The van der Waals surface area contributed by atoms with Crippen LogP contribution in [0.5, 0.6) is 0 Å². The van der Waals surface area contributed by atoms with Crippen LogP contribution in [-0.4, -0.2) is 55.5 Å². The van der Waals surface area contributed by atoms with E-state index in [9.17, 15) is 19.5 Å². The van der Waals surface area contributed by atoms with Gasteiger partial charge in [0, 0.05) is 19.1 Å². The summed E-state index contributed by atoms with van der Waals surface area (Å²) in [6.07, 6.45) is 0.309. The molecule has 0 bridgehead atoms. The topological polar surface area (TPSA) is 114 Å². The number of benzene rings is 2. The van der Waals surface area contributed by atoms with Crippen LogP contribution < -0.4 is 10.6 Å². The van der Waals surface area contributed by atoms with Crippen molar-refractivity contribution in [2.75, 3.05) is 20.3 Å². The first-order valence-electron chi connectivity index (χ1n) is 11.1. The van der Waals surface area contributed by atoms with E-state index in [1.165, 1.54) is 7.11 Å². The van der Waals surface area contributed by atoms with Gasteiger partial charge in [0.15, 0.2) is 6.10 Å². The Labute approximate surface area is 192 Å². The van der Waals surface area contributed by atoms with Crippen LogP contribution >= 0.6 is 0 Å². The first-order chi connectivity index (χ1) is 16.0. The molecule has 3 N–H and O–H groups in total. The molecule has 33 heavy (non-hydrogen) atoms. The summed E-state index contributed by atoms with van der Waals surface area (Å²) in [5, 5.41) is 14.6. The maximum absolute atomic E-state index is 12.5. The minimum Gasteiger partial charge on any atom is -0.481 e. The van der Waals surface area contributed by atoms with Crippen molar-refractivity contribution in [3.05, 3.63) is 59.7 Å². The van der Waals surface area contributed by atoms with Crippen molar-refractivity contribution in [1.82, 2.24) is 10.6 Å². The molecule has 0 spiro atoms. The van der Waals surface area contributed by atoms with E-state index in [2.05, 4.69) is 22.8 Å². The number of carbonyl (C=O) groups is 3. The fourth-order valence-corrected chi connectivity index (χ4v) is 4.81. The monoisotopic (exact) mass is 452 g/mol. The molecule has 1 saturated carbocycles. The van der Waals surface area contributed by atoms with Gasteiger partial charge in [-0.05, 0) is 35.1 Å². The fraction of sp³-hybridized carbons (Fsp3) is 0.400. The lowest BCUT2D eigenvalue weighted by Gasteiger charge is -2.22. The summed E-state index contributed by atoms with van der Waals surface area (Å²) < 4.78 is 10.7. The minimum atomic E-state index is -0.944. The number of rotatable bonds is 8. The second-order valence-corrected chi connectivity index (χ2v) is 8.42. The Morgan fingerprint density at radius 1 is 1.03 bits per heavy atom. The lowest BCUT2D eigenvalue weighted by molar-refractivity contribution is -0.142. The normalized spacial score (nSPS) is 19.9. The summed E-state index contributed by atoms with van der Waals surface area (Å²) in [5.74, 6) is -2.01. The third-order valence-corrected chi connectivity index (χ3v) is 6.51. The number of carboxylic acid groups (broad SMARTS) is 1. The van der Waals surface area contributed by atoms with E-state index in [0.29, 0.717) is 12.8 Å². The molecule has 2 aliphatic rings. The molecule has 0 aromatic heterocycles. The van der Waals surface area contributed by atoms with Gasteiger partial charge in [0.05, 0.1) is 12.5 Å². The van der Waals surface area contributed by atoms with Gasteiger partial charge in [0.2, 0.25) is 0 Å². The molecule has 3 atom stereocenters. The smallest absolute Gasteiger partial charge is 0.407 e. The standard InChI is InChI=1S/C25H28N2O6/c1-32-22(23(28)27-21-12-6-11-19(21)24(29)30)13-26-25(31)33-14-20-17-9-4-2-7-15(17)16-8-3-5-10-18(16)20/h2-5,7-10,19-22H,6,11-14H2,1H3,(H,26,31)(H,27,28)(H,29,30)/t19-,21+,22?/m0/s1. The molecule has 4 rings (SSSR count). The highest BCUT2D eigenvalue weighted by atomic mass is 16.5. The summed E-state index contributed by atoms with van der Waals surface area (Å²) in [6, 6.07) is 15.7. The van der Waals surface area contributed by atoms with Crippen molar-refractivity contribution in [3.8, 4) is 11.1 Å². The zero-order valence-corrected chi connectivity index (χ0v) is 18.5. The first-order valence-corrected chi connectivity index (χ1v) is 11.1. The van der Waals surface area contributed by atoms with Crippen LogP contribution in [0, 0.1) is 5.92 Å². The second kappa shape index (κ2) is 10.0. The van der Waals surface area contributed by atoms with E-state index in [0.717, 1.165) is 28.7 Å². The summed E-state index contributed by atoms with van der Waals surface area (Å²) in [7, 11) is 1.37. The quantitative estimate of drug-likeness (QED) is 0.568. The van der Waals surface area contributed by atoms with Crippen LogP contribution in [0.4, 0.5) is 4.79 Å². The Hall–Kier alpha value is -3.39. The Morgan fingerprint density at radius 3 is 2.27 bits per heavy atom. The highest BCUT2D eigenvalue weighted by molar-refractivity contribution is 5.83. The van der Waals surface area contributed by atoms with Crippen LogP contribution in [-0.2, 0) is 19.1 Å². The molecule has 0 radical (unpaired) electrons. The molecule has 2 aromatic rings. The predicted molar refractivity (Wildman–Crippen MR) is 121 cm³/mol. The molecule has 0 saturated heterocycles. The number of ether oxygens (including phenoxy) is 2. The molecule has 1 unspecified atom stereocenters. The van der Waals surface area contributed by atoms with Crippen LogP contribution in [0.3, 0.4) is 0 Å². The number of aliphatic carboxylic acids is 1. The third-order valence-electron chi connectivity index (χ3n) is 6.51. The van der Waals surface area contributed by atoms with Gasteiger partial charge in [-0.15, -0.1) is 0 Å². The summed E-state index contributed by atoms with van der Waals surface area (Å²) in [5.41, 5.74) is 4.52. The van der Waals surface area contributed by atoms with E-state index >= 15 is 0 Å². The van der Waals surface area contributed by atoms with Crippen molar-refractivity contribution >= 4 is 18.0 Å². The van der Waals surface area contributed by atoms with Crippen LogP contribution in [0.1, 0.15) is 36.3 Å². The van der Waals surface area contributed by atoms with E-state index in [4.69, 9.17) is 9.47 Å². The molecule has 2 amide bonds. The van der Waals surface area contributed by atoms with Crippen molar-refractivity contribution < 1.29 is 29.0 Å². The summed E-state index contributed by atoms with van der Waals surface area (Å²) >= 11 is 0. The Morgan fingerprint density at radius 2 is 1.67 bits per heavy atom. The van der Waals surface area contributed by atoms with E-state index in [1.807, 2.05) is 36.4 Å². The van der Waals surface area contributed by atoms with Crippen LogP contribution in [0.2, 0.25) is 0 Å². The van der Waals surface area contributed by atoms with Gasteiger partial charge in [-0.25, -0.2) is 4.79 Å². The fourth-order valence-electron chi connectivity index (χ4n) is 4.81. The number of hydrogen-bond acceptors (Lipinski definition) is 5. The predicted octanol–water partition coefficient (Wildman–Crippen LogP) is 2.91. The van der Waals surface area contributed by atoms with Crippen molar-refractivity contribution in [2.45, 2.75) is 37.3 Å².